The highest BCUT2D eigenvalue weighted by atomic mass is 35.5. The van der Waals surface area contributed by atoms with Gasteiger partial charge in [0.1, 0.15) is 5.75 Å². The minimum absolute atomic E-state index is 0.0419. The van der Waals surface area contributed by atoms with Crippen molar-refractivity contribution in [1.82, 2.24) is 5.32 Å². The molecule has 0 unspecified atom stereocenters. The Morgan fingerprint density at radius 3 is 2.28 bits per heavy atom. The number of benzene rings is 2. The number of amides is 1. The maximum absolute atomic E-state index is 12.3. The summed E-state index contributed by atoms with van der Waals surface area (Å²) in [6.07, 6.45) is 0. The minimum atomic E-state index is -3.24. The van der Waals surface area contributed by atoms with E-state index in [-0.39, 0.29) is 33.7 Å². The molecule has 0 aromatic heterocycles. The molecule has 2 rings (SSSR count). The first-order valence-corrected chi connectivity index (χ1v) is 9.82. The van der Waals surface area contributed by atoms with Gasteiger partial charge in [-0.3, -0.25) is 4.79 Å². The first-order chi connectivity index (χ1) is 11.8. The predicted octanol–water partition coefficient (Wildman–Crippen LogP) is 3.73. The summed E-state index contributed by atoms with van der Waals surface area (Å²) in [5.41, 5.74) is 1.03. The number of rotatable bonds is 6. The standard InChI is InChI=1S/C17H17Cl2NO4S/c1-3-25(22,23)12-6-4-11(5-7-12)10-20-17(21)13-8-14(18)15(19)9-16(13)24-2/h4-9H,3,10H2,1-2H3,(H,20,21). The fourth-order valence-corrected chi connectivity index (χ4v) is 3.34. The van der Waals surface area contributed by atoms with E-state index in [2.05, 4.69) is 5.32 Å². The molecule has 0 radical (unpaired) electrons. The fraction of sp³-hybridized carbons (Fsp3) is 0.235. The van der Waals surface area contributed by atoms with Crippen molar-refractivity contribution in [3.8, 4) is 5.75 Å². The Labute approximate surface area is 156 Å². The van der Waals surface area contributed by atoms with Crippen LogP contribution in [0.5, 0.6) is 5.75 Å². The summed E-state index contributed by atoms with van der Waals surface area (Å²) in [7, 11) is -1.80. The fourth-order valence-electron chi connectivity index (χ4n) is 2.13. The van der Waals surface area contributed by atoms with E-state index in [1.54, 1.807) is 19.1 Å². The summed E-state index contributed by atoms with van der Waals surface area (Å²) in [4.78, 5) is 12.6. The second kappa shape index (κ2) is 8.08. The molecule has 134 valence electrons. The average Bonchev–Trinajstić information content (AvgIpc) is 2.61. The summed E-state index contributed by atoms with van der Waals surface area (Å²) in [5, 5.41) is 3.28. The number of halogens is 2. The van der Waals surface area contributed by atoms with Gasteiger partial charge in [-0.05, 0) is 23.8 Å². The van der Waals surface area contributed by atoms with E-state index in [1.165, 1.54) is 31.4 Å². The lowest BCUT2D eigenvalue weighted by Gasteiger charge is -2.11. The molecular formula is C17H17Cl2NO4S. The molecule has 0 aliphatic heterocycles. The van der Waals surface area contributed by atoms with Crippen LogP contribution >= 0.6 is 23.2 Å². The van der Waals surface area contributed by atoms with Crippen molar-refractivity contribution in [2.24, 2.45) is 0 Å². The molecule has 0 fully saturated rings. The Kier molecular flexibility index (Phi) is 6.32. The van der Waals surface area contributed by atoms with Crippen molar-refractivity contribution in [2.75, 3.05) is 12.9 Å². The molecule has 0 aliphatic rings. The summed E-state index contributed by atoms with van der Waals surface area (Å²) in [6, 6.07) is 9.29. The van der Waals surface area contributed by atoms with E-state index >= 15 is 0 Å². The van der Waals surface area contributed by atoms with Crippen LogP contribution in [-0.2, 0) is 16.4 Å². The highest BCUT2D eigenvalue weighted by Crippen LogP contribution is 2.30. The smallest absolute Gasteiger partial charge is 0.255 e. The van der Waals surface area contributed by atoms with Gasteiger partial charge in [0.25, 0.3) is 5.91 Å². The Morgan fingerprint density at radius 1 is 1.12 bits per heavy atom. The lowest BCUT2D eigenvalue weighted by Crippen LogP contribution is -2.23. The molecule has 0 spiro atoms. The topological polar surface area (TPSA) is 72.5 Å². The van der Waals surface area contributed by atoms with E-state index in [0.717, 1.165) is 5.56 Å². The van der Waals surface area contributed by atoms with Gasteiger partial charge in [-0.1, -0.05) is 42.3 Å². The highest BCUT2D eigenvalue weighted by molar-refractivity contribution is 7.91. The normalized spacial score (nSPS) is 11.2. The van der Waals surface area contributed by atoms with Gasteiger partial charge in [0.2, 0.25) is 0 Å². The lowest BCUT2D eigenvalue weighted by atomic mass is 10.1. The van der Waals surface area contributed by atoms with Crippen molar-refractivity contribution < 1.29 is 17.9 Å². The van der Waals surface area contributed by atoms with Crippen molar-refractivity contribution >= 4 is 38.9 Å². The Morgan fingerprint density at radius 2 is 1.72 bits per heavy atom. The second-order valence-electron chi connectivity index (χ2n) is 5.20. The Bertz CT molecular complexity index is 880. The van der Waals surface area contributed by atoms with Gasteiger partial charge >= 0.3 is 0 Å². The van der Waals surface area contributed by atoms with Gasteiger partial charge in [-0.25, -0.2) is 8.42 Å². The molecule has 8 heteroatoms. The van der Waals surface area contributed by atoms with Crippen LogP contribution in [0.4, 0.5) is 0 Å². The largest absolute Gasteiger partial charge is 0.496 e. The molecule has 1 N–H and O–H groups in total. The van der Waals surface area contributed by atoms with Crippen LogP contribution in [0.25, 0.3) is 0 Å². The molecule has 0 heterocycles. The number of sulfone groups is 1. The molecule has 2 aromatic rings. The Hall–Kier alpha value is -1.76. The van der Waals surface area contributed by atoms with E-state index in [9.17, 15) is 13.2 Å². The third-order valence-corrected chi connectivity index (χ3v) is 6.08. The van der Waals surface area contributed by atoms with Crippen LogP contribution in [0.3, 0.4) is 0 Å². The number of nitrogens with one attached hydrogen (secondary N) is 1. The van der Waals surface area contributed by atoms with Crippen molar-refractivity contribution in [3.63, 3.8) is 0 Å². The molecule has 0 aliphatic carbocycles. The highest BCUT2D eigenvalue weighted by Gasteiger charge is 2.15. The quantitative estimate of drug-likeness (QED) is 0.799. The van der Waals surface area contributed by atoms with Gasteiger partial charge in [0.15, 0.2) is 9.84 Å². The van der Waals surface area contributed by atoms with Crippen LogP contribution in [-0.4, -0.2) is 27.2 Å². The van der Waals surface area contributed by atoms with E-state index in [4.69, 9.17) is 27.9 Å². The number of carbonyl (C=O) groups excluding carboxylic acids is 1. The number of carbonyl (C=O) groups is 1. The number of methoxy groups -OCH3 is 1. The molecular weight excluding hydrogens is 385 g/mol. The van der Waals surface area contributed by atoms with Gasteiger partial charge in [-0.2, -0.15) is 0 Å². The van der Waals surface area contributed by atoms with Crippen LogP contribution in [0.2, 0.25) is 10.0 Å². The van der Waals surface area contributed by atoms with Gasteiger partial charge < -0.3 is 10.1 Å². The van der Waals surface area contributed by atoms with E-state index in [0.29, 0.717) is 10.8 Å². The van der Waals surface area contributed by atoms with Gasteiger partial charge in [-0.15, -0.1) is 0 Å². The number of ether oxygens (including phenoxy) is 1. The summed E-state index contributed by atoms with van der Waals surface area (Å²) in [6.45, 7) is 1.82. The van der Waals surface area contributed by atoms with Crippen LogP contribution in [0.15, 0.2) is 41.3 Å². The SMILES string of the molecule is CCS(=O)(=O)c1ccc(CNC(=O)c2cc(Cl)c(Cl)cc2OC)cc1. The summed E-state index contributed by atoms with van der Waals surface area (Å²) in [5.74, 6) is -0.0165. The van der Waals surface area contributed by atoms with Crippen molar-refractivity contribution in [3.05, 3.63) is 57.6 Å². The van der Waals surface area contributed by atoms with Crippen LogP contribution < -0.4 is 10.1 Å². The molecule has 5 nitrogen and oxygen atoms in total. The first-order valence-electron chi connectivity index (χ1n) is 7.41. The summed E-state index contributed by atoms with van der Waals surface area (Å²) < 4.78 is 28.7. The molecule has 0 atom stereocenters. The lowest BCUT2D eigenvalue weighted by molar-refractivity contribution is 0.0948. The zero-order chi connectivity index (χ0) is 18.6. The zero-order valence-corrected chi connectivity index (χ0v) is 16.0. The van der Waals surface area contributed by atoms with E-state index < -0.39 is 9.84 Å². The zero-order valence-electron chi connectivity index (χ0n) is 13.7. The Balaban J connectivity index is 2.12. The molecule has 2 aromatic carbocycles. The summed E-state index contributed by atoms with van der Waals surface area (Å²) >= 11 is 11.9. The van der Waals surface area contributed by atoms with Crippen molar-refractivity contribution in [1.29, 1.82) is 0 Å². The maximum Gasteiger partial charge on any atom is 0.255 e. The molecule has 0 bridgehead atoms. The van der Waals surface area contributed by atoms with Crippen LogP contribution in [0.1, 0.15) is 22.8 Å². The minimum Gasteiger partial charge on any atom is -0.496 e. The monoisotopic (exact) mass is 401 g/mol. The molecule has 1 amide bonds. The first kappa shape index (κ1) is 19.6. The molecule has 0 saturated carbocycles. The number of hydrogen-bond donors (Lipinski definition) is 1. The number of hydrogen-bond acceptors (Lipinski definition) is 4. The van der Waals surface area contributed by atoms with Crippen LogP contribution in [0, 0.1) is 0 Å². The predicted molar refractivity (Wildman–Crippen MR) is 98.4 cm³/mol. The third-order valence-electron chi connectivity index (χ3n) is 3.60. The third kappa shape index (κ3) is 4.66. The second-order valence-corrected chi connectivity index (χ2v) is 8.29. The molecule has 0 saturated heterocycles. The van der Waals surface area contributed by atoms with E-state index in [1.807, 2.05) is 0 Å². The maximum atomic E-state index is 12.3. The van der Waals surface area contributed by atoms with Gasteiger partial charge in [0.05, 0.1) is 33.4 Å². The van der Waals surface area contributed by atoms with Crippen molar-refractivity contribution in [2.45, 2.75) is 18.4 Å². The van der Waals surface area contributed by atoms with Gasteiger partial charge in [0, 0.05) is 12.6 Å². The molecule has 25 heavy (non-hydrogen) atoms. The average molecular weight is 402 g/mol.